The number of nitrogens with zero attached hydrogens (tertiary/aromatic N) is 2. The minimum atomic E-state index is -0.951. The highest BCUT2D eigenvalue weighted by Gasteiger charge is 2.85. The molecule has 0 aromatic rings. The van der Waals surface area contributed by atoms with Gasteiger partial charge in [0.15, 0.2) is 5.41 Å². The van der Waals surface area contributed by atoms with E-state index in [4.69, 9.17) is 0 Å². The summed E-state index contributed by atoms with van der Waals surface area (Å²) >= 11 is 0. The van der Waals surface area contributed by atoms with E-state index in [0.29, 0.717) is 0 Å². The summed E-state index contributed by atoms with van der Waals surface area (Å²) < 4.78 is 0. The third-order valence-electron chi connectivity index (χ3n) is 3.86. The maximum absolute atomic E-state index is 9.30. The highest BCUT2D eigenvalue weighted by atomic mass is 14.8. The second-order valence-electron chi connectivity index (χ2n) is 4.15. The van der Waals surface area contributed by atoms with Gasteiger partial charge in [-0.2, -0.15) is 10.5 Å². The summed E-state index contributed by atoms with van der Waals surface area (Å²) in [5.41, 5.74) is -1.80. The van der Waals surface area contributed by atoms with Crippen LogP contribution in [0.2, 0.25) is 0 Å². The first-order chi connectivity index (χ1) is 7.29. The molecule has 2 heteroatoms. The lowest BCUT2D eigenvalue weighted by Crippen LogP contribution is -2.09. The molecule has 15 heavy (non-hydrogen) atoms. The molecule has 1 fully saturated rings. The van der Waals surface area contributed by atoms with Gasteiger partial charge in [-0.15, -0.1) is 0 Å². The fourth-order valence-corrected chi connectivity index (χ4v) is 3.05. The van der Waals surface area contributed by atoms with Crippen molar-refractivity contribution in [3.63, 3.8) is 0 Å². The van der Waals surface area contributed by atoms with Gasteiger partial charge in [0.25, 0.3) is 0 Å². The average Bonchev–Trinajstić information content (AvgIpc) is 2.86. The number of hydrogen-bond donors (Lipinski definition) is 0. The average molecular weight is 192 g/mol. The van der Waals surface area contributed by atoms with Gasteiger partial charge < -0.3 is 0 Å². The van der Waals surface area contributed by atoms with Crippen molar-refractivity contribution in [1.29, 1.82) is 10.5 Å². The molecule has 0 spiro atoms. The first-order valence-corrected chi connectivity index (χ1v) is 4.85. The number of rotatable bonds is 0. The maximum atomic E-state index is 9.30. The second-order valence-corrected chi connectivity index (χ2v) is 4.15. The molecule has 2 nitrogen and oxygen atoms in total. The quantitative estimate of drug-likeness (QED) is 0.591. The van der Waals surface area contributed by atoms with E-state index in [1.807, 2.05) is 48.6 Å². The van der Waals surface area contributed by atoms with E-state index < -0.39 is 16.2 Å². The molecule has 3 aliphatic carbocycles. The number of allylic oxidation sites excluding steroid dienone is 8. The molecule has 3 aliphatic rings. The van der Waals surface area contributed by atoms with E-state index in [0.717, 1.165) is 0 Å². The Balaban J connectivity index is 2.34. The molecule has 0 aromatic heterocycles. The van der Waals surface area contributed by atoms with Crippen LogP contribution in [0.5, 0.6) is 0 Å². The Morgan fingerprint density at radius 1 is 0.667 bits per heavy atom. The summed E-state index contributed by atoms with van der Waals surface area (Å²) in [4.78, 5) is 0. The van der Waals surface area contributed by atoms with Crippen LogP contribution < -0.4 is 0 Å². The topological polar surface area (TPSA) is 47.6 Å². The molecule has 70 valence electrons. The lowest BCUT2D eigenvalue weighted by Gasteiger charge is -2.16. The van der Waals surface area contributed by atoms with Gasteiger partial charge in [-0.05, 0) is 0 Å². The van der Waals surface area contributed by atoms with Crippen LogP contribution in [-0.4, -0.2) is 0 Å². The molecule has 0 amide bonds. The second kappa shape index (κ2) is 2.12. The third-order valence-corrected chi connectivity index (χ3v) is 3.86. The zero-order chi connectivity index (χ0) is 10.6. The van der Waals surface area contributed by atoms with Crippen LogP contribution in [0.15, 0.2) is 48.6 Å². The molecule has 0 aromatic carbocycles. The molecular formula is C13H8N2. The smallest absolute Gasteiger partial charge is 0.171 e. The Hall–Kier alpha value is -2.06. The molecule has 0 bridgehead atoms. The van der Waals surface area contributed by atoms with Gasteiger partial charge in [-0.1, -0.05) is 48.6 Å². The lowest BCUT2D eigenvalue weighted by atomic mass is 9.85. The normalized spacial score (nSPS) is 41.2. The van der Waals surface area contributed by atoms with Crippen molar-refractivity contribution in [2.45, 2.75) is 0 Å². The van der Waals surface area contributed by atoms with E-state index in [1.165, 1.54) is 0 Å². The molecule has 0 saturated heterocycles. The predicted molar refractivity (Wildman–Crippen MR) is 55.1 cm³/mol. The molecule has 0 N–H and O–H groups in total. The monoisotopic (exact) mass is 192 g/mol. The van der Waals surface area contributed by atoms with E-state index in [-0.39, 0.29) is 0 Å². The van der Waals surface area contributed by atoms with Crippen LogP contribution >= 0.6 is 0 Å². The summed E-state index contributed by atoms with van der Waals surface area (Å²) in [5, 5.41) is 18.6. The van der Waals surface area contributed by atoms with E-state index in [2.05, 4.69) is 12.1 Å². The van der Waals surface area contributed by atoms with E-state index in [9.17, 15) is 10.5 Å². The largest absolute Gasteiger partial charge is 0.196 e. The Kier molecular flexibility index (Phi) is 1.17. The van der Waals surface area contributed by atoms with Crippen LogP contribution in [0.25, 0.3) is 0 Å². The summed E-state index contributed by atoms with van der Waals surface area (Å²) in [6.45, 7) is 0. The van der Waals surface area contributed by atoms with Crippen LogP contribution in [0.1, 0.15) is 0 Å². The summed E-state index contributed by atoms with van der Waals surface area (Å²) in [5.74, 6) is 0. The van der Waals surface area contributed by atoms with E-state index in [1.54, 1.807) is 0 Å². The molecular weight excluding hydrogens is 184 g/mol. The van der Waals surface area contributed by atoms with Crippen molar-refractivity contribution in [2.75, 3.05) is 0 Å². The van der Waals surface area contributed by atoms with Gasteiger partial charge in [0.2, 0.25) is 0 Å². The molecule has 0 aliphatic heterocycles. The van der Waals surface area contributed by atoms with Crippen molar-refractivity contribution in [3.05, 3.63) is 48.6 Å². The highest BCUT2D eigenvalue weighted by molar-refractivity contribution is 5.64. The van der Waals surface area contributed by atoms with Crippen LogP contribution in [0, 0.1) is 38.9 Å². The van der Waals surface area contributed by atoms with Crippen molar-refractivity contribution >= 4 is 0 Å². The fourth-order valence-electron chi connectivity index (χ4n) is 3.05. The van der Waals surface area contributed by atoms with Crippen molar-refractivity contribution in [1.82, 2.24) is 0 Å². The summed E-state index contributed by atoms with van der Waals surface area (Å²) in [6, 6.07) is 4.40. The minimum Gasteiger partial charge on any atom is -0.196 e. The fraction of sp³-hybridized carbons (Fsp3) is 0.231. The van der Waals surface area contributed by atoms with Crippen LogP contribution in [0.3, 0.4) is 0 Å². The third kappa shape index (κ3) is 0.535. The van der Waals surface area contributed by atoms with Crippen molar-refractivity contribution in [2.24, 2.45) is 16.2 Å². The lowest BCUT2D eigenvalue weighted by molar-refractivity contribution is 0.660. The standard InChI is InChI=1S/C13H8N2/c14-9-13(10-15)11-5-1-2-6-12(11,13)8-4-3-7-11/h1-8H. The Morgan fingerprint density at radius 3 is 1.27 bits per heavy atom. The molecule has 0 unspecified atom stereocenters. The Bertz CT molecular complexity index is 458. The molecule has 3 rings (SSSR count). The van der Waals surface area contributed by atoms with Gasteiger partial charge >= 0.3 is 0 Å². The van der Waals surface area contributed by atoms with Gasteiger partial charge in [-0.3, -0.25) is 0 Å². The minimum absolute atomic E-state index is 0.424. The Labute approximate surface area is 88.1 Å². The van der Waals surface area contributed by atoms with E-state index >= 15 is 0 Å². The Morgan fingerprint density at radius 2 is 1.00 bits per heavy atom. The molecule has 0 atom stereocenters. The first kappa shape index (κ1) is 8.26. The predicted octanol–water partition coefficient (Wildman–Crippen LogP) is 2.26. The molecule has 0 radical (unpaired) electrons. The molecule has 1 saturated carbocycles. The molecule has 0 heterocycles. The number of hydrogen-bond acceptors (Lipinski definition) is 2. The van der Waals surface area contributed by atoms with Crippen molar-refractivity contribution in [3.8, 4) is 12.1 Å². The highest BCUT2D eigenvalue weighted by Crippen LogP contribution is 2.82. The first-order valence-electron chi connectivity index (χ1n) is 4.85. The summed E-state index contributed by atoms with van der Waals surface area (Å²) in [7, 11) is 0. The van der Waals surface area contributed by atoms with Crippen molar-refractivity contribution < 1.29 is 0 Å². The van der Waals surface area contributed by atoms with Gasteiger partial charge in [-0.25, -0.2) is 0 Å². The van der Waals surface area contributed by atoms with Gasteiger partial charge in [0.1, 0.15) is 0 Å². The van der Waals surface area contributed by atoms with Crippen LogP contribution in [0.4, 0.5) is 0 Å². The summed E-state index contributed by atoms with van der Waals surface area (Å²) in [6.07, 6.45) is 15.5. The van der Waals surface area contributed by atoms with Gasteiger partial charge in [0.05, 0.1) is 23.0 Å². The van der Waals surface area contributed by atoms with Crippen LogP contribution in [-0.2, 0) is 0 Å². The zero-order valence-electron chi connectivity index (χ0n) is 8.01. The SMILES string of the molecule is N#CC1(C#N)C23C=CC=CC12C=CC=C3. The maximum Gasteiger partial charge on any atom is 0.171 e. The van der Waals surface area contributed by atoms with Gasteiger partial charge in [0, 0.05) is 0 Å². The zero-order valence-corrected chi connectivity index (χ0v) is 8.01. The number of nitriles is 2.